The van der Waals surface area contributed by atoms with Gasteiger partial charge in [-0.05, 0) is 0 Å². The summed E-state index contributed by atoms with van der Waals surface area (Å²) in [4.78, 5) is 29.3. The summed E-state index contributed by atoms with van der Waals surface area (Å²) < 4.78 is 30.3. The molecule has 2 rings (SSSR count). The number of fused-ring (bicyclic) bond motifs is 1. The molecule has 9 nitrogen and oxygen atoms in total. The summed E-state index contributed by atoms with van der Waals surface area (Å²) in [6, 6.07) is 0. The molecule has 0 spiro atoms. The lowest BCUT2D eigenvalue weighted by atomic mass is 10.4. The van der Waals surface area contributed by atoms with Crippen LogP contribution < -0.4 is 5.73 Å². The van der Waals surface area contributed by atoms with Crippen molar-refractivity contribution in [3.05, 3.63) is 12.7 Å². The minimum atomic E-state index is -4.15. The third-order valence-electron chi connectivity index (χ3n) is 2.74. The molecule has 21 heavy (non-hydrogen) atoms. The van der Waals surface area contributed by atoms with Crippen molar-refractivity contribution in [2.24, 2.45) is 0 Å². The molecule has 11 heteroatoms. The van der Waals surface area contributed by atoms with Crippen molar-refractivity contribution in [1.82, 2.24) is 19.5 Å². The summed E-state index contributed by atoms with van der Waals surface area (Å²) in [6.45, 7) is -0.936. The van der Waals surface area contributed by atoms with Gasteiger partial charge < -0.3 is 24.8 Å². The summed E-state index contributed by atoms with van der Waals surface area (Å²) in [6.07, 6.45) is 1.40. The predicted octanol–water partition coefficient (Wildman–Crippen LogP) is -0.0591. The summed E-state index contributed by atoms with van der Waals surface area (Å²) in [5.74, 6) is 0.220. The van der Waals surface area contributed by atoms with Crippen LogP contribution in [0.4, 0.5) is 10.2 Å². The van der Waals surface area contributed by atoms with Gasteiger partial charge in [0.2, 0.25) is 0 Å². The molecular formula is C10H15FN5O4P. The van der Waals surface area contributed by atoms with E-state index in [1.54, 1.807) is 4.57 Å². The molecule has 0 aliphatic carbocycles. The number of halogens is 1. The molecule has 0 aliphatic heterocycles. The van der Waals surface area contributed by atoms with Gasteiger partial charge in [-0.15, -0.1) is 0 Å². The monoisotopic (exact) mass is 319 g/mol. The van der Waals surface area contributed by atoms with Crippen molar-refractivity contribution in [2.75, 3.05) is 25.2 Å². The maximum atomic E-state index is 12.9. The van der Waals surface area contributed by atoms with Gasteiger partial charge in [0.15, 0.2) is 11.5 Å². The molecule has 2 heterocycles. The molecule has 0 aromatic carbocycles. The average molecular weight is 319 g/mol. The summed E-state index contributed by atoms with van der Waals surface area (Å²) in [7, 11) is -4.15. The number of hydrogen-bond acceptors (Lipinski definition) is 6. The highest BCUT2D eigenvalue weighted by molar-refractivity contribution is 7.51. The fourth-order valence-corrected chi connectivity index (χ4v) is 2.08. The largest absolute Gasteiger partial charge is 0.382 e. The molecule has 0 aliphatic rings. The van der Waals surface area contributed by atoms with Crippen molar-refractivity contribution in [2.45, 2.75) is 12.6 Å². The molecule has 2 aromatic rings. The second-order valence-electron chi connectivity index (χ2n) is 4.36. The number of nitrogen functional groups attached to an aromatic ring is 1. The first kappa shape index (κ1) is 15.8. The zero-order valence-corrected chi connectivity index (χ0v) is 11.9. The molecule has 0 saturated heterocycles. The number of nitrogens with zero attached hydrogens (tertiary/aromatic N) is 4. The molecule has 0 bridgehead atoms. The van der Waals surface area contributed by atoms with Crippen LogP contribution in [0.1, 0.15) is 0 Å². The Kier molecular flexibility index (Phi) is 4.84. The van der Waals surface area contributed by atoms with Gasteiger partial charge in [0, 0.05) is 0 Å². The van der Waals surface area contributed by atoms with Crippen molar-refractivity contribution in [3.63, 3.8) is 0 Å². The Morgan fingerprint density at radius 3 is 2.86 bits per heavy atom. The highest BCUT2D eigenvalue weighted by Crippen LogP contribution is 2.33. The molecule has 2 aromatic heterocycles. The van der Waals surface area contributed by atoms with Crippen LogP contribution >= 0.6 is 7.60 Å². The van der Waals surface area contributed by atoms with Crippen LogP contribution in [0.15, 0.2) is 12.7 Å². The fraction of sp³-hybridized carbons (Fsp3) is 0.500. The lowest BCUT2D eigenvalue weighted by Gasteiger charge is -2.15. The van der Waals surface area contributed by atoms with E-state index in [0.717, 1.165) is 0 Å². The highest BCUT2D eigenvalue weighted by Gasteiger charge is 2.17. The maximum absolute atomic E-state index is 12.9. The van der Waals surface area contributed by atoms with E-state index < -0.39 is 26.5 Å². The number of imidazole rings is 1. The normalized spacial score (nSPS) is 13.7. The Morgan fingerprint density at radius 1 is 1.43 bits per heavy atom. The predicted molar refractivity (Wildman–Crippen MR) is 72.4 cm³/mol. The number of nitrogens with two attached hydrogens (primary N) is 1. The number of rotatable bonds is 7. The van der Waals surface area contributed by atoms with E-state index in [1.165, 1.54) is 12.7 Å². The summed E-state index contributed by atoms with van der Waals surface area (Å²) >= 11 is 0. The van der Waals surface area contributed by atoms with Gasteiger partial charge in [0.1, 0.15) is 24.6 Å². The van der Waals surface area contributed by atoms with E-state index in [1.807, 2.05) is 0 Å². The number of alkyl halides is 1. The van der Waals surface area contributed by atoms with Gasteiger partial charge in [-0.1, -0.05) is 0 Å². The van der Waals surface area contributed by atoms with E-state index in [0.29, 0.717) is 11.2 Å². The summed E-state index contributed by atoms with van der Waals surface area (Å²) in [5, 5.41) is 0. The van der Waals surface area contributed by atoms with Gasteiger partial charge in [0.05, 0.1) is 25.6 Å². The first-order chi connectivity index (χ1) is 9.90. The SMILES string of the molecule is Nc1ncnc2c1ncn2CC(CF)OCCP(=O)(O)O. The van der Waals surface area contributed by atoms with Crippen molar-refractivity contribution < 1.29 is 23.5 Å². The van der Waals surface area contributed by atoms with Crippen LogP contribution in [-0.4, -0.2) is 54.9 Å². The minimum absolute atomic E-state index is 0.102. The second kappa shape index (κ2) is 6.44. The average Bonchev–Trinajstić information content (AvgIpc) is 2.81. The van der Waals surface area contributed by atoms with E-state index in [2.05, 4.69) is 15.0 Å². The Balaban J connectivity index is 2.03. The van der Waals surface area contributed by atoms with Gasteiger partial charge in [-0.25, -0.2) is 19.3 Å². The third kappa shape index (κ3) is 4.18. The highest BCUT2D eigenvalue weighted by atomic mass is 31.2. The number of hydrogen-bond donors (Lipinski definition) is 3. The molecule has 0 radical (unpaired) electrons. The lowest BCUT2D eigenvalue weighted by Crippen LogP contribution is -2.23. The minimum Gasteiger partial charge on any atom is -0.382 e. The third-order valence-corrected chi connectivity index (χ3v) is 3.50. The van der Waals surface area contributed by atoms with Crippen LogP contribution in [-0.2, 0) is 15.8 Å². The van der Waals surface area contributed by atoms with Crippen molar-refractivity contribution in [1.29, 1.82) is 0 Å². The number of ether oxygens (including phenoxy) is 1. The van der Waals surface area contributed by atoms with Gasteiger partial charge in [0.25, 0.3) is 0 Å². The van der Waals surface area contributed by atoms with Crippen LogP contribution in [0.2, 0.25) is 0 Å². The first-order valence-electron chi connectivity index (χ1n) is 6.04. The zero-order valence-electron chi connectivity index (χ0n) is 11.0. The molecule has 1 atom stereocenters. The molecule has 4 N–H and O–H groups in total. The van der Waals surface area contributed by atoms with E-state index >= 15 is 0 Å². The molecule has 0 fully saturated rings. The molecule has 0 saturated carbocycles. The van der Waals surface area contributed by atoms with E-state index in [4.69, 9.17) is 20.3 Å². The number of aromatic nitrogens is 4. The van der Waals surface area contributed by atoms with Crippen molar-refractivity contribution in [3.8, 4) is 0 Å². The Hall–Kier alpha value is -1.61. The van der Waals surface area contributed by atoms with Gasteiger partial charge in [-0.3, -0.25) is 4.57 Å². The Morgan fingerprint density at radius 2 is 2.19 bits per heavy atom. The van der Waals surface area contributed by atoms with Gasteiger partial charge in [-0.2, -0.15) is 0 Å². The zero-order chi connectivity index (χ0) is 15.5. The fourth-order valence-electron chi connectivity index (χ4n) is 1.74. The van der Waals surface area contributed by atoms with Crippen LogP contribution in [0.5, 0.6) is 0 Å². The van der Waals surface area contributed by atoms with E-state index in [9.17, 15) is 8.96 Å². The first-order valence-corrected chi connectivity index (χ1v) is 7.84. The molecule has 116 valence electrons. The molecule has 0 amide bonds. The smallest absolute Gasteiger partial charge is 0.327 e. The molecular weight excluding hydrogens is 304 g/mol. The van der Waals surface area contributed by atoms with Crippen molar-refractivity contribution >= 4 is 24.6 Å². The lowest BCUT2D eigenvalue weighted by molar-refractivity contribution is 0.0331. The summed E-state index contributed by atoms with van der Waals surface area (Å²) in [5.41, 5.74) is 6.49. The van der Waals surface area contributed by atoms with E-state index in [-0.39, 0.29) is 19.0 Å². The quantitative estimate of drug-likeness (QED) is 0.604. The molecule has 1 unspecified atom stereocenters. The Bertz CT molecular complexity index is 660. The van der Waals surface area contributed by atoms with Gasteiger partial charge >= 0.3 is 7.60 Å². The van der Waals surface area contributed by atoms with Crippen LogP contribution in [0.3, 0.4) is 0 Å². The standard InChI is InChI=1S/C10H15FN5O4P/c11-3-7(20-1-2-21(17,18)19)4-16-6-15-8-9(12)13-5-14-10(8)16/h5-7H,1-4H2,(H2,12,13,14)(H2,17,18,19). The maximum Gasteiger partial charge on any atom is 0.327 e. The second-order valence-corrected chi connectivity index (χ2v) is 6.14. The number of anilines is 1. The van der Waals surface area contributed by atoms with Crippen LogP contribution in [0.25, 0.3) is 11.2 Å². The Labute approximate surface area is 119 Å². The van der Waals surface area contributed by atoms with Crippen LogP contribution in [0, 0.1) is 0 Å². The topological polar surface area (TPSA) is 136 Å².